The van der Waals surface area contributed by atoms with E-state index in [1.165, 1.54) is 12.1 Å². The minimum atomic E-state index is -3.75. The highest BCUT2D eigenvalue weighted by Gasteiger charge is 2.28. The number of rotatable bonds is 3. The molecule has 0 radical (unpaired) electrons. The number of amides is 1. The molecule has 1 heterocycles. The molecule has 1 saturated heterocycles. The normalized spacial score (nSPS) is 20.1. The fourth-order valence-electron chi connectivity index (χ4n) is 1.82. The van der Waals surface area contributed by atoms with Crippen molar-refractivity contribution in [2.75, 3.05) is 5.73 Å². The monoisotopic (exact) mass is 281 g/mol. The van der Waals surface area contributed by atoms with E-state index in [4.69, 9.17) is 5.73 Å². The Morgan fingerprint density at radius 3 is 2.79 bits per heavy atom. The van der Waals surface area contributed by atoms with Crippen molar-refractivity contribution < 1.29 is 13.2 Å². The zero-order valence-electron chi connectivity index (χ0n) is 10.2. The molecule has 1 amide bonds. The van der Waals surface area contributed by atoms with E-state index < -0.39 is 16.1 Å². The molecule has 0 aromatic heterocycles. The molecule has 4 N–H and O–H groups in total. The van der Waals surface area contributed by atoms with Gasteiger partial charge in [0.2, 0.25) is 15.9 Å². The summed E-state index contributed by atoms with van der Waals surface area (Å²) in [6.07, 6.45) is 0.946. The number of anilines is 1. The van der Waals surface area contributed by atoms with Gasteiger partial charge in [-0.05, 0) is 31.0 Å². The average molecular weight is 281 g/mol. The molecular formula is C12H15N3O3S. The van der Waals surface area contributed by atoms with E-state index in [0.29, 0.717) is 24.2 Å². The van der Waals surface area contributed by atoms with Gasteiger partial charge in [0, 0.05) is 11.4 Å². The maximum absolute atomic E-state index is 12.1. The number of carbonyl (C=O) groups is 1. The highest BCUT2D eigenvalue weighted by molar-refractivity contribution is 7.89. The molecule has 1 aromatic carbocycles. The zero-order chi connectivity index (χ0) is 14.0. The Hall–Kier alpha value is -1.86. The maximum Gasteiger partial charge on any atom is 0.242 e. The van der Waals surface area contributed by atoms with Gasteiger partial charge < -0.3 is 11.1 Å². The van der Waals surface area contributed by atoms with Gasteiger partial charge in [0.05, 0.1) is 4.90 Å². The van der Waals surface area contributed by atoms with Crippen LogP contribution in [0.4, 0.5) is 5.69 Å². The number of nitrogen functional groups attached to an aromatic ring is 1. The Morgan fingerprint density at radius 2 is 2.16 bits per heavy atom. The molecule has 1 atom stereocenters. The fourth-order valence-corrected chi connectivity index (χ4v) is 3.11. The lowest BCUT2D eigenvalue weighted by atomic mass is 10.1. The van der Waals surface area contributed by atoms with Gasteiger partial charge in [-0.3, -0.25) is 4.79 Å². The number of piperidine rings is 1. The van der Waals surface area contributed by atoms with Crippen molar-refractivity contribution in [1.82, 2.24) is 10.0 Å². The predicted octanol–water partition coefficient (Wildman–Crippen LogP) is 0.339. The molecule has 2 rings (SSSR count). The summed E-state index contributed by atoms with van der Waals surface area (Å²) in [6, 6.07) is 5.14. The van der Waals surface area contributed by atoms with E-state index in [0.717, 1.165) is 0 Å². The number of benzene rings is 1. The van der Waals surface area contributed by atoms with E-state index in [1.807, 2.05) is 0 Å². The first-order valence-corrected chi connectivity index (χ1v) is 7.23. The Balaban J connectivity index is 2.18. The third kappa shape index (κ3) is 3.12. The molecule has 1 aliphatic rings. The van der Waals surface area contributed by atoms with Gasteiger partial charge in [0.25, 0.3) is 0 Å². The SMILES string of the molecule is C=C1CCC(NS(=O)(=O)c2cccc(N)c2)C(=O)N1. The number of nitrogens with two attached hydrogens (primary N) is 1. The van der Waals surface area contributed by atoms with E-state index in [2.05, 4.69) is 16.6 Å². The molecule has 1 fully saturated rings. The van der Waals surface area contributed by atoms with Crippen molar-refractivity contribution in [2.45, 2.75) is 23.8 Å². The third-order valence-electron chi connectivity index (χ3n) is 2.82. The van der Waals surface area contributed by atoms with E-state index >= 15 is 0 Å². The molecule has 1 aromatic rings. The maximum atomic E-state index is 12.1. The summed E-state index contributed by atoms with van der Waals surface area (Å²) in [6.45, 7) is 3.64. The van der Waals surface area contributed by atoms with Crippen molar-refractivity contribution in [1.29, 1.82) is 0 Å². The molecule has 1 unspecified atom stereocenters. The van der Waals surface area contributed by atoms with Gasteiger partial charge in [0.1, 0.15) is 6.04 Å². The van der Waals surface area contributed by atoms with Crippen LogP contribution in [0.3, 0.4) is 0 Å². The summed E-state index contributed by atoms with van der Waals surface area (Å²) >= 11 is 0. The first-order chi connectivity index (χ1) is 8.88. The van der Waals surface area contributed by atoms with Crippen molar-refractivity contribution in [3.8, 4) is 0 Å². The van der Waals surface area contributed by atoms with Gasteiger partial charge in [-0.1, -0.05) is 12.6 Å². The lowest BCUT2D eigenvalue weighted by Gasteiger charge is -2.24. The molecule has 102 valence electrons. The number of allylic oxidation sites excluding steroid dienone is 1. The second-order valence-electron chi connectivity index (χ2n) is 4.38. The van der Waals surface area contributed by atoms with Crippen LogP contribution in [0.15, 0.2) is 41.4 Å². The summed E-state index contributed by atoms with van der Waals surface area (Å²) in [5.41, 5.74) is 6.50. The van der Waals surface area contributed by atoms with Gasteiger partial charge in [-0.2, -0.15) is 4.72 Å². The van der Waals surface area contributed by atoms with Gasteiger partial charge in [-0.25, -0.2) is 8.42 Å². The van der Waals surface area contributed by atoms with Crippen molar-refractivity contribution in [3.63, 3.8) is 0 Å². The summed E-state index contributed by atoms with van der Waals surface area (Å²) < 4.78 is 26.6. The van der Waals surface area contributed by atoms with Crippen molar-refractivity contribution in [3.05, 3.63) is 36.5 Å². The molecule has 7 heteroatoms. The second kappa shape index (κ2) is 5.02. The quantitative estimate of drug-likeness (QED) is 0.695. The summed E-state index contributed by atoms with van der Waals surface area (Å²) in [5, 5.41) is 2.53. The highest BCUT2D eigenvalue weighted by Crippen LogP contribution is 2.16. The molecule has 6 nitrogen and oxygen atoms in total. The molecular weight excluding hydrogens is 266 g/mol. The number of hydrogen-bond donors (Lipinski definition) is 3. The zero-order valence-corrected chi connectivity index (χ0v) is 11.0. The predicted molar refractivity (Wildman–Crippen MR) is 71.5 cm³/mol. The Morgan fingerprint density at radius 1 is 1.42 bits per heavy atom. The molecule has 1 aliphatic heterocycles. The highest BCUT2D eigenvalue weighted by atomic mass is 32.2. The Labute approximate surface area is 111 Å². The molecule has 0 bridgehead atoms. The number of hydrogen-bond acceptors (Lipinski definition) is 4. The Kier molecular flexibility index (Phi) is 3.59. The Bertz CT molecular complexity index is 625. The van der Waals surface area contributed by atoms with Crippen LogP contribution in [0.1, 0.15) is 12.8 Å². The summed E-state index contributed by atoms with van der Waals surface area (Å²) in [4.78, 5) is 11.7. The van der Waals surface area contributed by atoms with Crippen LogP contribution in [0.25, 0.3) is 0 Å². The first kappa shape index (κ1) is 13.6. The van der Waals surface area contributed by atoms with E-state index in [-0.39, 0.29) is 10.8 Å². The number of nitrogens with one attached hydrogen (secondary N) is 2. The van der Waals surface area contributed by atoms with Crippen LogP contribution in [0, 0.1) is 0 Å². The smallest absolute Gasteiger partial charge is 0.242 e. The van der Waals surface area contributed by atoms with Gasteiger partial charge in [-0.15, -0.1) is 0 Å². The minimum Gasteiger partial charge on any atom is -0.399 e. The second-order valence-corrected chi connectivity index (χ2v) is 6.09. The standard InChI is InChI=1S/C12H15N3O3S/c1-8-5-6-11(12(16)14-8)15-19(17,18)10-4-2-3-9(13)7-10/h2-4,7,11,15H,1,5-6,13H2,(H,14,16). The topological polar surface area (TPSA) is 101 Å². The van der Waals surface area contributed by atoms with Crippen molar-refractivity contribution in [2.24, 2.45) is 0 Å². The van der Waals surface area contributed by atoms with Crippen LogP contribution in [-0.2, 0) is 14.8 Å². The first-order valence-electron chi connectivity index (χ1n) is 5.75. The molecule has 0 spiro atoms. The van der Waals surface area contributed by atoms with Crippen LogP contribution in [0.5, 0.6) is 0 Å². The van der Waals surface area contributed by atoms with Crippen LogP contribution in [0.2, 0.25) is 0 Å². The lowest BCUT2D eigenvalue weighted by molar-refractivity contribution is -0.123. The molecule has 0 saturated carbocycles. The average Bonchev–Trinajstić information content (AvgIpc) is 2.33. The molecule has 0 aliphatic carbocycles. The van der Waals surface area contributed by atoms with Crippen LogP contribution in [-0.4, -0.2) is 20.4 Å². The fraction of sp³-hybridized carbons (Fsp3) is 0.250. The summed E-state index contributed by atoms with van der Waals surface area (Å²) in [5.74, 6) is -0.385. The van der Waals surface area contributed by atoms with Crippen LogP contribution >= 0.6 is 0 Å². The van der Waals surface area contributed by atoms with E-state index in [9.17, 15) is 13.2 Å². The largest absolute Gasteiger partial charge is 0.399 e. The van der Waals surface area contributed by atoms with Crippen LogP contribution < -0.4 is 15.8 Å². The minimum absolute atomic E-state index is 0.0460. The van der Waals surface area contributed by atoms with Crippen molar-refractivity contribution >= 4 is 21.6 Å². The lowest BCUT2D eigenvalue weighted by Crippen LogP contribution is -2.49. The molecule has 19 heavy (non-hydrogen) atoms. The number of sulfonamides is 1. The van der Waals surface area contributed by atoms with E-state index in [1.54, 1.807) is 12.1 Å². The summed E-state index contributed by atoms with van der Waals surface area (Å²) in [7, 11) is -3.75. The third-order valence-corrected chi connectivity index (χ3v) is 4.29. The van der Waals surface area contributed by atoms with Gasteiger partial charge in [0.15, 0.2) is 0 Å². The van der Waals surface area contributed by atoms with Gasteiger partial charge >= 0.3 is 0 Å². The number of carbonyl (C=O) groups excluding carboxylic acids is 1.